The van der Waals surface area contributed by atoms with Gasteiger partial charge in [-0.2, -0.15) is 0 Å². The first-order valence-electron chi connectivity index (χ1n) is 5.55. The molecule has 1 aromatic carbocycles. The van der Waals surface area contributed by atoms with Gasteiger partial charge in [0.2, 0.25) is 0 Å². The van der Waals surface area contributed by atoms with Gasteiger partial charge >= 0.3 is 0 Å². The van der Waals surface area contributed by atoms with E-state index in [1.807, 2.05) is 0 Å². The summed E-state index contributed by atoms with van der Waals surface area (Å²) in [7, 11) is 0. The van der Waals surface area contributed by atoms with Crippen molar-refractivity contribution in [1.29, 1.82) is 0 Å². The predicted molar refractivity (Wildman–Crippen MR) is 63.5 cm³/mol. The molecule has 1 aliphatic rings. The molecule has 2 atom stereocenters. The fourth-order valence-corrected chi connectivity index (χ4v) is 2.12. The number of benzene rings is 1. The molecule has 2 rings (SSSR count). The van der Waals surface area contributed by atoms with Crippen LogP contribution in [0.1, 0.15) is 30.0 Å². The van der Waals surface area contributed by atoms with E-state index in [1.165, 1.54) is 11.1 Å². The second-order valence-corrected chi connectivity index (χ2v) is 4.31. The van der Waals surface area contributed by atoms with Gasteiger partial charge in [-0.1, -0.05) is 29.8 Å². The van der Waals surface area contributed by atoms with Crippen molar-refractivity contribution < 1.29 is 0 Å². The summed E-state index contributed by atoms with van der Waals surface area (Å²) in [6, 6.07) is 9.17. The lowest BCUT2D eigenvalue weighted by molar-refractivity contribution is 0.359. The number of piperidine rings is 1. The molecule has 1 aromatic rings. The van der Waals surface area contributed by atoms with Gasteiger partial charge in [-0.05, 0) is 31.9 Å². The molecule has 0 spiro atoms. The Bertz CT molecular complexity index is 358. The van der Waals surface area contributed by atoms with E-state index in [0.29, 0.717) is 12.0 Å². The Kier molecular flexibility index (Phi) is 3.08. The summed E-state index contributed by atoms with van der Waals surface area (Å²) in [6.45, 7) is 3.15. The van der Waals surface area contributed by atoms with Gasteiger partial charge in [-0.15, -0.1) is 12.3 Å². The molecule has 1 saturated heterocycles. The highest BCUT2D eigenvalue weighted by Gasteiger charge is 2.20. The molecule has 0 aromatic heterocycles. The van der Waals surface area contributed by atoms with E-state index in [2.05, 4.69) is 42.4 Å². The summed E-state index contributed by atoms with van der Waals surface area (Å²) in [4.78, 5) is 0. The molecule has 0 amide bonds. The van der Waals surface area contributed by atoms with Crippen molar-refractivity contribution in [2.45, 2.75) is 25.8 Å². The first-order chi connectivity index (χ1) is 7.29. The summed E-state index contributed by atoms with van der Waals surface area (Å²) < 4.78 is 0. The third-order valence-electron chi connectivity index (χ3n) is 3.12. The topological polar surface area (TPSA) is 12.0 Å². The molecule has 0 aliphatic carbocycles. The standard InChI is InChI=1S/C14H17N/c1-3-12-8-9-15-14(10-12)13-6-4-11(2)5-7-13/h1,4-7,12,14-15H,8-10H2,2H3/t12-,14+/m1/s1. The zero-order valence-corrected chi connectivity index (χ0v) is 9.16. The van der Waals surface area contributed by atoms with Gasteiger partial charge in [0.05, 0.1) is 0 Å². The Morgan fingerprint density at radius 1 is 1.33 bits per heavy atom. The smallest absolute Gasteiger partial charge is 0.0332 e. The first kappa shape index (κ1) is 10.3. The van der Waals surface area contributed by atoms with Crippen LogP contribution >= 0.6 is 0 Å². The van der Waals surface area contributed by atoms with Gasteiger partial charge in [0, 0.05) is 12.0 Å². The highest BCUT2D eigenvalue weighted by atomic mass is 14.9. The molecule has 1 N–H and O–H groups in total. The average molecular weight is 199 g/mol. The molecule has 0 unspecified atom stereocenters. The van der Waals surface area contributed by atoms with Crippen LogP contribution in [0.15, 0.2) is 24.3 Å². The van der Waals surface area contributed by atoms with Crippen molar-refractivity contribution >= 4 is 0 Å². The van der Waals surface area contributed by atoms with Gasteiger partial charge in [0.1, 0.15) is 0 Å². The maximum absolute atomic E-state index is 5.49. The monoisotopic (exact) mass is 199 g/mol. The van der Waals surface area contributed by atoms with Gasteiger partial charge in [0.25, 0.3) is 0 Å². The minimum Gasteiger partial charge on any atom is -0.310 e. The van der Waals surface area contributed by atoms with E-state index < -0.39 is 0 Å². The molecule has 1 aliphatic heterocycles. The third kappa shape index (κ3) is 2.40. The molecule has 1 fully saturated rings. The molecule has 15 heavy (non-hydrogen) atoms. The molecule has 0 bridgehead atoms. The highest BCUT2D eigenvalue weighted by molar-refractivity contribution is 5.25. The Labute approximate surface area is 91.9 Å². The third-order valence-corrected chi connectivity index (χ3v) is 3.12. The second kappa shape index (κ2) is 4.51. The van der Waals surface area contributed by atoms with Gasteiger partial charge < -0.3 is 5.32 Å². The van der Waals surface area contributed by atoms with Crippen molar-refractivity contribution in [2.24, 2.45) is 5.92 Å². The van der Waals surface area contributed by atoms with Gasteiger partial charge in [-0.25, -0.2) is 0 Å². The van der Waals surface area contributed by atoms with Gasteiger partial charge in [-0.3, -0.25) is 0 Å². The molecule has 0 radical (unpaired) electrons. The lowest BCUT2D eigenvalue weighted by Crippen LogP contribution is -2.31. The van der Waals surface area contributed by atoms with Crippen LogP contribution in [0.2, 0.25) is 0 Å². The number of hydrogen-bond acceptors (Lipinski definition) is 1. The van der Waals surface area contributed by atoms with Crippen molar-refractivity contribution in [2.75, 3.05) is 6.54 Å². The fraction of sp³-hybridized carbons (Fsp3) is 0.429. The number of aryl methyl sites for hydroxylation is 1. The molecule has 1 heteroatoms. The number of nitrogens with one attached hydrogen (secondary N) is 1. The zero-order chi connectivity index (χ0) is 10.7. The summed E-state index contributed by atoms with van der Waals surface area (Å²) in [5.41, 5.74) is 2.67. The van der Waals surface area contributed by atoms with Crippen molar-refractivity contribution in [3.05, 3.63) is 35.4 Å². The molecular formula is C14H17N. The quantitative estimate of drug-likeness (QED) is 0.686. The SMILES string of the molecule is C#C[C@@H]1CCN[C@H](c2ccc(C)cc2)C1. The van der Waals surface area contributed by atoms with E-state index in [9.17, 15) is 0 Å². The van der Waals surface area contributed by atoms with Crippen LogP contribution in [0.3, 0.4) is 0 Å². The molecule has 1 heterocycles. The lowest BCUT2D eigenvalue weighted by atomic mass is 9.89. The fourth-order valence-electron chi connectivity index (χ4n) is 2.12. The Morgan fingerprint density at radius 2 is 2.07 bits per heavy atom. The van der Waals surface area contributed by atoms with Crippen molar-refractivity contribution in [1.82, 2.24) is 5.32 Å². The number of hydrogen-bond donors (Lipinski definition) is 1. The van der Waals surface area contributed by atoms with E-state index in [1.54, 1.807) is 0 Å². The molecular weight excluding hydrogens is 182 g/mol. The summed E-state index contributed by atoms with van der Waals surface area (Å²) >= 11 is 0. The van der Waals surface area contributed by atoms with Crippen LogP contribution in [0.4, 0.5) is 0 Å². The Morgan fingerprint density at radius 3 is 2.73 bits per heavy atom. The van der Waals surface area contributed by atoms with E-state index in [4.69, 9.17) is 6.42 Å². The summed E-state index contributed by atoms with van der Waals surface area (Å²) in [5, 5.41) is 3.52. The average Bonchev–Trinajstić information content (AvgIpc) is 2.30. The lowest BCUT2D eigenvalue weighted by Gasteiger charge is -2.28. The molecule has 78 valence electrons. The first-order valence-corrected chi connectivity index (χ1v) is 5.55. The van der Waals surface area contributed by atoms with Crippen LogP contribution in [0.5, 0.6) is 0 Å². The van der Waals surface area contributed by atoms with E-state index >= 15 is 0 Å². The van der Waals surface area contributed by atoms with Crippen LogP contribution in [-0.2, 0) is 0 Å². The zero-order valence-electron chi connectivity index (χ0n) is 9.16. The summed E-state index contributed by atoms with van der Waals surface area (Å²) in [5.74, 6) is 3.32. The maximum Gasteiger partial charge on any atom is 0.0332 e. The number of rotatable bonds is 1. The van der Waals surface area contributed by atoms with E-state index in [-0.39, 0.29) is 0 Å². The minimum absolute atomic E-state index is 0.442. The second-order valence-electron chi connectivity index (χ2n) is 4.31. The Hall–Kier alpha value is -1.26. The van der Waals surface area contributed by atoms with Crippen LogP contribution in [0.25, 0.3) is 0 Å². The highest BCUT2D eigenvalue weighted by Crippen LogP contribution is 2.26. The van der Waals surface area contributed by atoms with E-state index in [0.717, 1.165) is 19.4 Å². The van der Waals surface area contributed by atoms with Crippen LogP contribution in [0, 0.1) is 25.2 Å². The summed E-state index contributed by atoms with van der Waals surface area (Å²) in [6.07, 6.45) is 7.67. The van der Waals surface area contributed by atoms with Crippen molar-refractivity contribution in [3.63, 3.8) is 0 Å². The molecule has 1 nitrogen and oxygen atoms in total. The van der Waals surface area contributed by atoms with Gasteiger partial charge in [0.15, 0.2) is 0 Å². The largest absolute Gasteiger partial charge is 0.310 e. The van der Waals surface area contributed by atoms with Crippen LogP contribution < -0.4 is 5.32 Å². The van der Waals surface area contributed by atoms with Crippen molar-refractivity contribution in [3.8, 4) is 12.3 Å². The predicted octanol–water partition coefficient (Wildman–Crippen LogP) is 2.67. The maximum atomic E-state index is 5.49. The molecule has 0 saturated carbocycles. The normalized spacial score (nSPS) is 25.9. The minimum atomic E-state index is 0.442. The Balaban J connectivity index is 2.10. The van der Waals surface area contributed by atoms with Crippen LogP contribution in [-0.4, -0.2) is 6.54 Å². The number of terminal acetylenes is 1.